The molecule has 2 aromatic rings. The molecule has 0 saturated carbocycles. The number of carbonyl (C=O) groups excluding carboxylic acids is 1. The van der Waals surface area contributed by atoms with Crippen molar-refractivity contribution in [2.75, 3.05) is 20.3 Å². The lowest BCUT2D eigenvalue weighted by Gasteiger charge is -2.22. The Labute approximate surface area is 122 Å². The average Bonchev–Trinajstić information content (AvgIpc) is 2.95. The van der Waals surface area contributed by atoms with E-state index in [0.29, 0.717) is 30.3 Å². The lowest BCUT2D eigenvalue weighted by atomic mass is 10.2. The zero-order chi connectivity index (χ0) is 14.4. The molecule has 0 spiro atoms. The Hall–Kier alpha value is -1.78. The van der Waals surface area contributed by atoms with Gasteiger partial charge in [-0.1, -0.05) is 17.7 Å². The second kappa shape index (κ2) is 7.12. The van der Waals surface area contributed by atoms with Crippen LogP contribution in [0.1, 0.15) is 15.9 Å². The minimum atomic E-state index is -0.0780. The van der Waals surface area contributed by atoms with E-state index in [2.05, 4.69) is 0 Å². The van der Waals surface area contributed by atoms with Crippen molar-refractivity contribution in [3.8, 4) is 0 Å². The molecule has 20 heavy (non-hydrogen) atoms. The van der Waals surface area contributed by atoms with Gasteiger partial charge in [-0.25, -0.2) is 0 Å². The van der Waals surface area contributed by atoms with E-state index in [1.54, 1.807) is 48.8 Å². The summed E-state index contributed by atoms with van der Waals surface area (Å²) in [5.74, 6) is -0.0780. The van der Waals surface area contributed by atoms with Crippen molar-refractivity contribution in [1.29, 1.82) is 0 Å². The third-order valence-corrected chi connectivity index (χ3v) is 3.11. The zero-order valence-electron chi connectivity index (χ0n) is 11.2. The van der Waals surface area contributed by atoms with E-state index >= 15 is 0 Å². The third-order valence-electron chi connectivity index (χ3n) is 2.88. The molecule has 2 rings (SSSR count). The molecule has 0 N–H and O–H groups in total. The van der Waals surface area contributed by atoms with Crippen LogP contribution in [0.4, 0.5) is 0 Å². The highest BCUT2D eigenvalue weighted by molar-refractivity contribution is 6.30. The molecule has 0 aliphatic carbocycles. The van der Waals surface area contributed by atoms with Gasteiger partial charge >= 0.3 is 0 Å². The fourth-order valence-electron chi connectivity index (χ4n) is 1.86. The fourth-order valence-corrected chi connectivity index (χ4v) is 2.05. The number of methoxy groups -OCH3 is 1. The maximum absolute atomic E-state index is 12.5. The quantitative estimate of drug-likeness (QED) is 0.821. The van der Waals surface area contributed by atoms with Gasteiger partial charge in [-0.2, -0.15) is 0 Å². The van der Waals surface area contributed by atoms with E-state index in [4.69, 9.17) is 20.8 Å². The fraction of sp³-hybridized carbons (Fsp3) is 0.267. The van der Waals surface area contributed by atoms with Crippen LogP contribution in [-0.4, -0.2) is 31.1 Å². The minimum absolute atomic E-state index is 0.0780. The first kappa shape index (κ1) is 14.6. The van der Waals surface area contributed by atoms with Crippen LogP contribution in [0.5, 0.6) is 0 Å². The number of carbonyl (C=O) groups is 1. The minimum Gasteiger partial charge on any atom is -0.472 e. The Kier molecular flexibility index (Phi) is 5.21. The van der Waals surface area contributed by atoms with Crippen LogP contribution in [0.3, 0.4) is 0 Å². The molecule has 5 heteroatoms. The van der Waals surface area contributed by atoms with Crippen LogP contribution in [-0.2, 0) is 11.3 Å². The number of nitrogens with zero attached hydrogens (tertiary/aromatic N) is 1. The predicted molar refractivity (Wildman–Crippen MR) is 76.8 cm³/mol. The Morgan fingerprint density at radius 1 is 1.40 bits per heavy atom. The molecule has 0 aliphatic heterocycles. The highest BCUT2D eigenvalue weighted by Gasteiger charge is 2.16. The van der Waals surface area contributed by atoms with Crippen LogP contribution in [0, 0.1) is 0 Å². The average molecular weight is 294 g/mol. The van der Waals surface area contributed by atoms with E-state index in [1.807, 2.05) is 6.07 Å². The summed E-state index contributed by atoms with van der Waals surface area (Å²) in [6.07, 6.45) is 3.22. The summed E-state index contributed by atoms with van der Waals surface area (Å²) < 4.78 is 10.1. The smallest absolute Gasteiger partial charge is 0.254 e. The molecule has 0 atom stereocenters. The molecule has 0 saturated heterocycles. The number of halogens is 1. The molecule has 106 valence electrons. The van der Waals surface area contributed by atoms with Crippen LogP contribution in [0.25, 0.3) is 0 Å². The number of ether oxygens (including phenoxy) is 1. The van der Waals surface area contributed by atoms with Gasteiger partial charge in [-0.3, -0.25) is 4.79 Å². The van der Waals surface area contributed by atoms with Gasteiger partial charge in [0.25, 0.3) is 5.91 Å². The molecular formula is C15H16ClNO3. The normalized spacial score (nSPS) is 10.5. The van der Waals surface area contributed by atoms with Crippen molar-refractivity contribution < 1.29 is 13.9 Å². The van der Waals surface area contributed by atoms with Crippen LogP contribution in [0.2, 0.25) is 5.02 Å². The standard InChI is InChI=1S/C15H16ClNO3/c1-19-8-6-17(10-12-5-7-20-11-12)15(18)13-3-2-4-14(16)9-13/h2-5,7,9,11H,6,8,10H2,1H3. The monoisotopic (exact) mass is 293 g/mol. The SMILES string of the molecule is COCCN(Cc1ccoc1)C(=O)c1cccc(Cl)c1. The molecule has 0 bridgehead atoms. The van der Waals surface area contributed by atoms with Crippen molar-refractivity contribution in [3.05, 3.63) is 59.0 Å². The third kappa shape index (κ3) is 3.85. The number of amides is 1. The van der Waals surface area contributed by atoms with Crippen molar-refractivity contribution in [3.63, 3.8) is 0 Å². The number of hydrogen-bond acceptors (Lipinski definition) is 3. The highest BCUT2D eigenvalue weighted by Crippen LogP contribution is 2.15. The van der Waals surface area contributed by atoms with Gasteiger partial charge in [0.1, 0.15) is 0 Å². The molecule has 1 aromatic heterocycles. The van der Waals surface area contributed by atoms with Gasteiger partial charge in [0.15, 0.2) is 0 Å². The number of benzene rings is 1. The summed E-state index contributed by atoms with van der Waals surface area (Å²) >= 11 is 5.93. The topological polar surface area (TPSA) is 42.7 Å². The predicted octanol–water partition coefficient (Wildman–Crippen LogP) is 3.22. The van der Waals surface area contributed by atoms with Crippen molar-refractivity contribution in [2.24, 2.45) is 0 Å². The molecular weight excluding hydrogens is 278 g/mol. The van der Waals surface area contributed by atoms with Gasteiger partial charge < -0.3 is 14.1 Å². The number of hydrogen-bond donors (Lipinski definition) is 0. The van der Waals surface area contributed by atoms with Crippen LogP contribution >= 0.6 is 11.6 Å². The summed E-state index contributed by atoms with van der Waals surface area (Å²) in [5, 5.41) is 0.547. The number of furan rings is 1. The first-order valence-electron chi connectivity index (χ1n) is 6.25. The molecule has 0 radical (unpaired) electrons. The summed E-state index contributed by atoms with van der Waals surface area (Å²) in [6.45, 7) is 1.46. The summed E-state index contributed by atoms with van der Waals surface area (Å²) in [6, 6.07) is 8.77. The molecule has 0 aliphatic rings. The summed E-state index contributed by atoms with van der Waals surface area (Å²) in [5.41, 5.74) is 1.51. The summed E-state index contributed by atoms with van der Waals surface area (Å²) in [7, 11) is 1.61. The van der Waals surface area contributed by atoms with Gasteiger partial charge in [0.2, 0.25) is 0 Å². The summed E-state index contributed by atoms with van der Waals surface area (Å²) in [4.78, 5) is 14.2. The zero-order valence-corrected chi connectivity index (χ0v) is 12.0. The number of rotatable bonds is 6. The Bertz CT molecular complexity index is 554. The molecule has 0 fully saturated rings. The lowest BCUT2D eigenvalue weighted by Crippen LogP contribution is -2.33. The first-order valence-corrected chi connectivity index (χ1v) is 6.63. The van der Waals surface area contributed by atoms with E-state index in [9.17, 15) is 4.79 Å². The van der Waals surface area contributed by atoms with Gasteiger partial charge in [0, 0.05) is 36.3 Å². The van der Waals surface area contributed by atoms with E-state index in [0.717, 1.165) is 5.56 Å². The molecule has 1 amide bonds. The largest absolute Gasteiger partial charge is 0.472 e. The van der Waals surface area contributed by atoms with Crippen molar-refractivity contribution in [2.45, 2.75) is 6.54 Å². The maximum atomic E-state index is 12.5. The molecule has 1 aromatic carbocycles. The second-order valence-corrected chi connectivity index (χ2v) is 4.80. The van der Waals surface area contributed by atoms with E-state index in [-0.39, 0.29) is 5.91 Å². The first-order chi connectivity index (χ1) is 9.70. The van der Waals surface area contributed by atoms with E-state index < -0.39 is 0 Å². The lowest BCUT2D eigenvalue weighted by molar-refractivity contribution is 0.0680. The van der Waals surface area contributed by atoms with Gasteiger partial charge in [-0.15, -0.1) is 0 Å². The van der Waals surface area contributed by atoms with E-state index in [1.165, 1.54) is 0 Å². The molecule has 4 nitrogen and oxygen atoms in total. The van der Waals surface area contributed by atoms with Crippen molar-refractivity contribution in [1.82, 2.24) is 4.90 Å². The van der Waals surface area contributed by atoms with Crippen molar-refractivity contribution >= 4 is 17.5 Å². The highest BCUT2D eigenvalue weighted by atomic mass is 35.5. The van der Waals surface area contributed by atoms with Gasteiger partial charge in [-0.05, 0) is 24.3 Å². The Balaban J connectivity index is 2.14. The van der Waals surface area contributed by atoms with Crippen LogP contribution < -0.4 is 0 Å². The second-order valence-electron chi connectivity index (χ2n) is 4.36. The molecule has 1 heterocycles. The Morgan fingerprint density at radius 3 is 2.90 bits per heavy atom. The van der Waals surface area contributed by atoms with Gasteiger partial charge in [0.05, 0.1) is 19.1 Å². The Morgan fingerprint density at radius 2 is 2.25 bits per heavy atom. The maximum Gasteiger partial charge on any atom is 0.254 e. The molecule has 0 unspecified atom stereocenters. The van der Waals surface area contributed by atoms with Crippen LogP contribution in [0.15, 0.2) is 47.3 Å².